The van der Waals surface area contributed by atoms with E-state index in [-0.39, 0.29) is 5.82 Å². The molecular weight excluding hydrogens is 152 g/mol. The number of nitriles is 2. The molecule has 0 aliphatic heterocycles. The van der Waals surface area contributed by atoms with Gasteiger partial charge in [0.1, 0.15) is 0 Å². The zero-order valence-electron chi connectivity index (χ0n) is 7.00. The fourth-order valence-corrected chi connectivity index (χ4v) is 0.364. The Morgan fingerprint density at radius 3 is 2.17 bits per heavy atom. The summed E-state index contributed by atoms with van der Waals surface area (Å²) in [4.78, 5) is 4.37. The Morgan fingerprint density at radius 1 is 1.33 bits per heavy atom. The average molecular weight is 160 g/mol. The van der Waals surface area contributed by atoms with Gasteiger partial charge in [-0.05, 0) is 25.3 Å². The predicted octanol–water partition coefficient (Wildman–Crippen LogP) is 1.36. The van der Waals surface area contributed by atoms with E-state index in [1.807, 2.05) is 0 Å². The van der Waals surface area contributed by atoms with Crippen molar-refractivity contribution in [3.8, 4) is 12.4 Å². The summed E-state index contributed by atoms with van der Waals surface area (Å²) in [5.74, 6) is 2.66. The molecule has 0 rings (SSSR count). The molecule has 0 N–H and O–H groups in total. The molecule has 0 aromatic rings. The van der Waals surface area contributed by atoms with Crippen molar-refractivity contribution in [2.24, 2.45) is 4.99 Å². The third-order valence-electron chi connectivity index (χ3n) is 0.867. The fourth-order valence-electron chi connectivity index (χ4n) is 0.364. The molecule has 0 bridgehead atoms. The van der Waals surface area contributed by atoms with Crippen molar-refractivity contribution in [3.63, 3.8) is 0 Å². The van der Waals surface area contributed by atoms with E-state index in [0.717, 1.165) is 5.57 Å². The molecule has 0 radical (unpaired) electrons. The second-order valence-corrected chi connectivity index (χ2v) is 2.18. The summed E-state index contributed by atoms with van der Waals surface area (Å²) in [5, 5.41) is 16.7. The molecular formula is C8H8N4. The van der Waals surface area contributed by atoms with Crippen molar-refractivity contribution in [3.05, 3.63) is 18.0 Å². The third-order valence-corrected chi connectivity index (χ3v) is 0.867. The first-order valence-corrected chi connectivity index (χ1v) is 3.17. The topological polar surface area (TPSA) is 63.2 Å². The van der Waals surface area contributed by atoms with Crippen LogP contribution in [0.2, 0.25) is 0 Å². The van der Waals surface area contributed by atoms with Gasteiger partial charge in [0.25, 0.3) is 0 Å². The number of hydrogen-bond donors (Lipinski definition) is 0. The molecule has 0 fully saturated rings. The van der Waals surface area contributed by atoms with E-state index in [2.05, 4.69) is 17.4 Å². The van der Waals surface area contributed by atoms with E-state index in [9.17, 15) is 0 Å². The van der Waals surface area contributed by atoms with Crippen LogP contribution in [0.3, 0.4) is 0 Å². The zero-order chi connectivity index (χ0) is 9.56. The second kappa shape index (κ2) is 4.73. The third kappa shape index (κ3) is 3.22. The van der Waals surface area contributed by atoms with Crippen LogP contribution in [0, 0.1) is 22.9 Å². The number of allylic oxidation sites excluding steroid dienone is 1. The van der Waals surface area contributed by atoms with Crippen molar-refractivity contribution >= 4 is 5.87 Å². The fraction of sp³-hybridized carbons (Fsp3) is 0.250. The maximum absolute atomic E-state index is 8.36. The lowest BCUT2D eigenvalue weighted by Crippen LogP contribution is -2.06. The van der Waals surface area contributed by atoms with Gasteiger partial charge < -0.3 is 0 Å². The Hall–Kier alpha value is -2.03. The van der Waals surface area contributed by atoms with Crippen LogP contribution in [0.15, 0.2) is 23.0 Å². The number of nitrogens with zero attached hydrogens (tertiary/aromatic N) is 4. The molecule has 0 aliphatic rings. The number of aliphatic imine (C=N–C) groups is 1. The summed E-state index contributed by atoms with van der Waals surface area (Å²) < 4.78 is 0. The molecule has 0 aliphatic carbocycles. The maximum atomic E-state index is 8.36. The lowest BCUT2D eigenvalue weighted by molar-refractivity contribution is 0.667. The van der Waals surface area contributed by atoms with Gasteiger partial charge in [0.15, 0.2) is 18.2 Å². The Morgan fingerprint density at radius 2 is 1.83 bits per heavy atom. The van der Waals surface area contributed by atoms with Gasteiger partial charge in [-0.3, -0.25) is 0 Å². The van der Waals surface area contributed by atoms with Crippen LogP contribution in [-0.2, 0) is 0 Å². The first-order chi connectivity index (χ1) is 5.61. The molecule has 4 nitrogen and oxygen atoms in total. The normalized spacial score (nSPS) is 7.00. The summed E-state index contributed by atoms with van der Waals surface area (Å²) in [5.41, 5.74) is 0.854. The van der Waals surface area contributed by atoms with E-state index in [1.165, 1.54) is 0 Å². The van der Waals surface area contributed by atoms with Crippen molar-refractivity contribution in [2.45, 2.75) is 13.8 Å². The van der Waals surface area contributed by atoms with Gasteiger partial charge in [-0.1, -0.05) is 6.58 Å². The molecule has 0 atom stereocenters. The summed E-state index contributed by atoms with van der Waals surface area (Å²) in [6, 6.07) is 0. The quantitative estimate of drug-likeness (QED) is 0.348. The van der Waals surface area contributed by atoms with Gasteiger partial charge >= 0.3 is 0 Å². The first kappa shape index (κ1) is 9.97. The molecule has 0 saturated carbocycles. The lowest BCUT2D eigenvalue weighted by Gasteiger charge is -1.99. The van der Waals surface area contributed by atoms with Crippen LogP contribution in [0.5, 0.6) is 0 Å². The van der Waals surface area contributed by atoms with Crippen molar-refractivity contribution < 1.29 is 0 Å². The van der Waals surface area contributed by atoms with E-state index in [1.54, 1.807) is 26.2 Å². The molecule has 0 saturated heterocycles. The van der Waals surface area contributed by atoms with Crippen LogP contribution in [-0.4, -0.2) is 10.8 Å². The minimum absolute atomic E-state index is 0.0706. The summed E-state index contributed by atoms with van der Waals surface area (Å²) in [6.07, 6.45) is 3.21. The Bertz CT molecular complexity index is 302. The predicted molar refractivity (Wildman–Crippen MR) is 44.5 cm³/mol. The first-order valence-electron chi connectivity index (χ1n) is 3.17. The van der Waals surface area contributed by atoms with E-state index in [0.29, 0.717) is 4.90 Å². The lowest BCUT2D eigenvalue weighted by atomic mass is 10.4. The van der Waals surface area contributed by atoms with E-state index in [4.69, 9.17) is 10.5 Å². The molecule has 60 valence electrons. The van der Waals surface area contributed by atoms with Crippen LogP contribution >= 0.6 is 0 Å². The number of rotatable bonds is 2. The minimum atomic E-state index is 0.0706. The highest BCUT2D eigenvalue weighted by molar-refractivity contribution is 5.57. The van der Waals surface area contributed by atoms with Gasteiger partial charge in [0, 0.05) is 0 Å². The molecule has 0 unspecified atom stereocenters. The van der Waals surface area contributed by atoms with Gasteiger partial charge in [-0.2, -0.15) is 20.4 Å². The van der Waals surface area contributed by atoms with Crippen LogP contribution < -0.4 is 0 Å². The monoisotopic (exact) mass is 160 g/mol. The number of hydrogen-bond acceptors (Lipinski definition) is 4. The molecule has 0 aromatic carbocycles. The molecule has 4 heteroatoms. The van der Waals surface area contributed by atoms with Crippen LogP contribution in [0.1, 0.15) is 13.8 Å². The van der Waals surface area contributed by atoms with E-state index < -0.39 is 0 Å². The van der Waals surface area contributed by atoms with Gasteiger partial charge in [-0.15, -0.1) is 0 Å². The molecule has 0 heterocycles. The largest absolute Gasteiger partial charge is 0.200 e. The van der Waals surface area contributed by atoms with Crippen LogP contribution in [0.25, 0.3) is 0 Å². The van der Waals surface area contributed by atoms with Gasteiger partial charge in [0.05, 0.1) is 0 Å². The minimum Gasteiger partial charge on any atom is -0.187 e. The summed E-state index contributed by atoms with van der Waals surface area (Å²) >= 11 is 0. The van der Waals surface area contributed by atoms with Crippen molar-refractivity contribution in [1.82, 2.24) is 4.90 Å². The smallest absolute Gasteiger partial charge is 0.187 e. The van der Waals surface area contributed by atoms with Gasteiger partial charge in [0.2, 0.25) is 0 Å². The molecule has 12 heavy (non-hydrogen) atoms. The maximum Gasteiger partial charge on any atom is 0.200 e. The van der Waals surface area contributed by atoms with Crippen molar-refractivity contribution in [1.29, 1.82) is 10.5 Å². The van der Waals surface area contributed by atoms with Gasteiger partial charge in [-0.25, -0.2) is 0 Å². The standard InChI is InChI=1S/C8H8N4/c1-7(2)4-11-8(3)12(5-9)6-10/h3H2,1-2H3. The Labute approximate surface area is 71.4 Å². The SMILES string of the molecule is C=C(N=C=C(C)C)N(C#N)C#N. The highest BCUT2D eigenvalue weighted by Gasteiger charge is 2.00. The van der Waals surface area contributed by atoms with Crippen molar-refractivity contribution in [2.75, 3.05) is 0 Å². The van der Waals surface area contributed by atoms with E-state index >= 15 is 0 Å². The summed E-state index contributed by atoms with van der Waals surface area (Å²) in [6.45, 7) is 7.02. The zero-order valence-corrected chi connectivity index (χ0v) is 7.00. The Balaban J connectivity index is 4.58. The summed E-state index contributed by atoms with van der Waals surface area (Å²) in [7, 11) is 0. The molecule has 0 amide bonds. The highest BCUT2D eigenvalue weighted by atomic mass is 15.2. The second-order valence-electron chi connectivity index (χ2n) is 2.18. The average Bonchev–Trinajstić information content (AvgIpc) is 2.03. The van der Waals surface area contributed by atoms with Crippen LogP contribution in [0.4, 0.5) is 0 Å². The Kier molecular flexibility index (Phi) is 3.93. The molecule has 0 aromatic heterocycles. The molecule has 0 spiro atoms. The highest BCUT2D eigenvalue weighted by Crippen LogP contribution is 1.97.